The fourth-order valence-electron chi connectivity index (χ4n) is 2.56. The molecule has 0 fully saturated rings. The molecule has 0 atom stereocenters. The van der Waals surface area contributed by atoms with Crippen LogP contribution in [0, 0.1) is 13.8 Å². The van der Waals surface area contributed by atoms with Gasteiger partial charge >= 0.3 is 0 Å². The van der Waals surface area contributed by atoms with Gasteiger partial charge in [0.15, 0.2) is 6.20 Å². The van der Waals surface area contributed by atoms with Gasteiger partial charge in [-0.3, -0.25) is 4.98 Å². The zero-order valence-corrected chi connectivity index (χ0v) is 12.7. The van der Waals surface area contributed by atoms with E-state index in [0.29, 0.717) is 0 Å². The van der Waals surface area contributed by atoms with Crippen molar-refractivity contribution in [2.24, 2.45) is 7.05 Å². The number of aromatic nitrogens is 2. The van der Waals surface area contributed by atoms with Crippen LogP contribution in [0.4, 0.5) is 0 Å². The van der Waals surface area contributed by atoms with Gasteiger partial charge in [-0.15, -0.1) is 0 Å². The third-order valence-electron chi connectivity index (χ3n) is 3.80. The number of hydrogen-bond donors (Lipinski definition) is 0. The lowest BCUT2D eigenvalue weighted by atomic mass is 10.0. The maximum atomic E-state index is 4.37. The van der Waals surface area contributed by atoms with Crippen molar-refractivity contribution in [1.82, 2.24) is 4.98 Å². The highest BCUT2D eigenvalue weighted by Crippen LogP contribution is 2.23. The molecule has 0 saturated carbocycles. The number of hydrogen-bond acceptors (Lipinski definition) is 1. The van der Waals surface area contributed by atoms with Crippen LogP contribution in [0.2, 0.25) is 0 Å². The second kappa shape index (κ2) is 5.49. The fraction of sp³-hybridized carbons (Fsp3) is 0.158. The highest BCUT2D eigenvalue weighted by molar-refractivity contribution is 5.65. The minimum Gasteiger partial charge on any atom is -0.261 e. The summed E-state index contributed by atoms with van der Waals surface area (Å²) in [5.74, 6) is 0. The van der Waals surface area contributed by atoms with Crippen molar-refractivity contribution in [3.05, 3.63) is 72.2 Å². The summed E-state index contributed by atoms with van der Waals surface area (Å²) in [6.07, 6.45) is 4.09. The van der Waals surface area contributed by atoms with E-state index in [1.54, 1.807) is 0 Å². The number of pyridine rings is 2. The van der Waals surface area contributed by atoms with Crippen molar-refractivity contribution in [3.8, 4) is 22.4 Å². The maximum absolute atomic E-state index is 4.37. The first kappa shape index (κ1) is 13.5. The van der Waals surface area contributed by atoms with Crippen LogP contribution in [-0.2, 0) is 7.05 Å². The molecule has 0 saturated heterocycles. The largest absolute Gasteiger partial charge is 0.261 e. The minimum atomic E-state index is 1.04. The molecule has 21 heavy (non-hydrogen) atoms. The van der Waals surface area contributed by atoms with E-state index in [1.807, 2.05) is 19.2 Å². The van der Waals surface area contributed by atoms with E-state index in [2.05, 4.69) is 72.2 Å². The highest BCUT2D eigenvalue weighted by Gasteiger charge is 2.13. The molecule has 0 aliphatic carbocycles. The number of rotatable bonds is 2. The smallest absolute Gasteiger partial charge is 0.212 e. The summed E-state index contributed by atoms with van der Waals surface area (Å²) in [6, 6.07) is 17.0. The molecule has 0 aliphatic heterocycles. The van der Waals surface area contributed by atoms with Crippen LogP contribution >= 0.6 is 0 Å². The second-order valence-corrected chi connectivity index (χ2v) is 5.42. The molecule has 104 valence electrons. The SMILES string of the molecule is Cc1ccc(-c2ccc(-c3ccccc3C)[n+](C)c2)cn1. The molecule has 2 heterocycles. The Hall–Kier alpha value is -2.48. The second-order valence-electron chi connectivity index (χ2n) is 5.42. The van der Waals surface area contributed by atoms with Gasteiger partial charge in [-0.25, -0.2) is 4.57 Å². The first-order chi connectivity index (χ1) is 10.1. The molecule has 3 rings (SSSR count). The van der Waals surface area contributed by atoms with Crippen LogP contribution in [0.3, 0.4) is 0 Å². The van der Waals surface area contributed by atoms with Gasteiger partial charge in [0.25, 0.3) is 0 Å². The molecular weight excluding hydrogens is 256 g/mol. The summed E-state index contributed by atoms with van der Waals surface area (Å²) >= 11 is 0. The highest BCUT2D eigenvalue weighted by atomic mass is 14.9. The van der Waals surface area contributed by atoms with Gasteiger partial charge in [-0.05, 0) is 37.6 Å². The average molecular weight is 275 g/mol. The minimum absolute atomic E-state index is 1.04. The Morgan fingerprint density at radius 3 is 2.29 bits per heavy atom. The van der Waals surface area contributed by atoms with Crippen LogP contribution in [0.15, 0.2) is 60.9 Å². The first-order valence-electron chi connectivity index (χ1n) is 7.14. The van der Waals surface area contributed by atoms with E-state index < -0.39 is 0 Å². The predicted octanol–water partition coefficient (Wildman–Crippen LogP) is 3.86. The Labute approximate surface area is 125 Å². The first-order valence-corrected chi connectivity index (χ1v) is 7.14. The van der Waals surface area contributed by atoms with Gasteiger partial charge in [-0.1, -0.05) is 24.3 Å². The van der Waals surface area contributed by atoms with Crippen molar-refractivity contribution in [2.45, 2.75) is 13.8 Å². The number of nitrogens with zero attached hydrogens (tertiary/aromatic N) is 2. The summed E-state index contributed by atoms with van der Waals surface area (Å²) in [5.41, 5.74) is 7.15. The van der Waals surface area contributed by atoms with Crippen LogP contribution in [-0.4, -0.2) is 4.98 Å². The van der Waals surface area contributed by atoms with E-state index in [-0.39, 0.29) is 0 Å². The molecule has 2 nitrogen and oxygen atoms in total. The topological polar surface area (TPSA) is 16.8 Å². The number of benzene rings is 1. The van der Waals surface area contributed by atoms with Crippen molar-refractivity contribution < 1.29 is 4.57 Å². The monoisotopic (exact) mass is 275 g/mol. The van der Waals surface area contributed by atoms with Crippen molar-refractivity contribution in [1.29, 1.82) is 0 Å². The Morgan fingerprint density at radius 1 is 0.857 bits per heavy atom. The molecule has 0 bridgehead atoms. The molecular formula is C19H19N2+. The predicted molar refractivity (Wildman–Crippen MR) is 85.8 cm³/mol. The molecule has 0 aliphatic rings. The third-order valence-corrected chi connectivity index (χ3v) is 3.80. The summed E-state index contributed by atoms with van der Waals surface area (Å²) in [5, 5.41) is 0. The molecule has 0 spiro atoms. The Balaban J connectivity index is 2.04. The van der Waals surface area contributed by atoms with Gasteiger partial charge < -0.3 is 0 Å². The van der Waals surface area contributed by atoms with Crippen LogP contribution in [0.25, 0.3) is 22.4 Å². The van der Waals surface area contributed by atoms with E-state index in [1.165, 1.54) is 22.4 Å². The molecule has 0 unspecified atom stereocenters. The molecule has 0 amide bonds. The lowest BCUT2D eigenvalue weighted by molar-refractivity contribution is -0.659. The zero-order chi connectivity index (χ0) is 14.8. The Morgan fingerprint density at radius 2 is 1.62 bits per heavy atom. The van der Waals surface area contributed by atoms with E-state index in [4.69, 9.17) is 0 Å². The summed E-state index contributed by atoms with van der Waals surface area (Å²) < 4.78 is 2.18. The maximum Gasteiger partial charge on any atom is 0.212 e. The van der Waals surface area contributed by atoms with Crippen LogP contribution < -0.4 is 4.57 Å². The average Bonchev–Trinajstić information content (AvgIpc) is 2.49. The van der Waals surface area contributed by atoms with E-state index in [0.717, 1.165) is 11.3 Å². The molecule has 1 aromatic carbocycles. The molecule has 2 heteroatoms. The van der Waals surface area contributed by atoms with Crippen molar-refractivity contribution >= 4 is 0 Å². The van der Waals surface area contributed by atoms with Crippen molar-refractivity contribution in [3.63, 3.8) is 0 Å². The van der Waals surface area contributed by atoms with Gasteiger partial charge in [-0.2, -0.15) is 0 Å². The summed E-state index contributed by atoms with van der Waals surface area (Å²) in [7, 11) is 2.09. The summed E-state index contributed by atoms with van der Waals surface area (Å²) in [4.78, 5) is 4.37. The molecule has 0 radical (unpaired) electrons. The quantitative estimate of drug-likeness (QED) is 0.649. The fourth-order valence-corrected chi connectivity index (χ4v) is 2.56. The molecule has 2 aromatic heterocycles. The van der Waals surface area contributed by atoms with E-state index in [9.17, 15) is 0 Å². The lowest BCUT2D eigenvalue weighted by Gasteiger charge is -2.06. The third kappa shape index (κ3) is 2.70. The van der Waals surface area contributed by atoms with Crippen molar-refractivity contribution in [2.75, 3.05) is 0 Å². The van der Waals surface area contributed by atoms with E-state index >= 15 is 0 Å². The van der Waals surface area contributed by atoms with Gasteiger partial charge in [0.2, 0.25) is 5.69 Å². The van der Waals surface area contributed by atoms with Crippen LogP contribution in [0.5, 0.6) is 0 Å². The molecule has 3 aromatic rings. The number of aryl methyl sites for hydroxylation is 3. The normalized spacial score (nSPS) is 10.6. The zero-order valence-electron chi connectivity index (χ0n) is 12.7. The molecule has 0 N–H and O–H groups in total. The van der Waals surface area contributed by atoms with Crippen LogP contribution in [0.1, 0.15) is 11.3 Å². The standard InChI is InChI=1S/C19H19N2/c1-14-6-4-5-7-18(14)19-11-10-17(13-21(19)3)16-9-8-15(2)20-12-16/h4-13H,1-3H3/q+1. The van der Waals surface area contributed by atoms with Gasteiger partial charge in [0, 0.05) is 34.6 Å². The summed E-state index contributed by atoms with van der Waals surface area (Å²) in [6.45, 7) is 4.15. The van der Waals surface area contributed by atoms with Gasteiger partial charge in [0.1, 0.15) is 7.05 Å². The van der Waals surface area contributed by atoms with Gasteiger partial charge in [0.05, 0.1) is 0 Å². The lowest BCUT2D eigenvalue weighted by Crippen LogP contribution is -2.30. The Bertz CT molecular complexity index is 774. The Kier molecular flexibility index (Phi) is 3.53.